The van der Waals surface area contributed by atoms with Gasteiger partial charge in [-0.25, -0.2) is 12.8 Å². The first-order valence-electron chi connectivity index (χ1n) is 11.9. The monoisotopic (exact) mass is 505 g/mol. The molecule has 1 unspecified atom stereocenters. The van der Waals surface area contributed by atoms with Gasteiger partial charge >= 0.3 is 0 Å². The lowest BCUT2D eigenvalue weighted by Crippen LogP contribution is -2.48. The summed E-state index contributed by atoms with van der Waals surface area (Å²) in [5.41, 5.74) is 2.30. The average Bonchev–Trinajstić information content (AvgIpc) is 2.80. The molecule has 0 aliphatic carbocycles. The summed E-state index contributed by atoms with van der Waals surface area (Å²) in [5, 5.41) is 2.89. The standard InChI is InChI=1S/C26H36FN3O4S/c1-5-6-16-28-26(32)21(3)29(19-22-10-7-9-20(2)18-22)25(31)11-8-17-30(35(4,33)34)24-14-12-23(27)13-15-24/h7,9-10,12-15,18,21H,5-6,8,11,16-17,19H2,1-4H3,(H,28,32). The number of nitrogens with zero attached hydrogens (tertiary/aromatic N) is 2. The van der Waals surface area contributed by atoms with Crippen molar-refractivity contribution in [1.29, 1.82) is 0 Å². The van der Waals surface area contributed by atoms with Gasteiger partial charge in [-0.3, -0.25) is 13.9 Å². The van der Waals surface area contributed by atoms with E-state index in [2.05, 4.69) is 5.32 Å². The van der Waals surface area contributed by atoms with Crippen LogP contribution in [0, 0.1) is 12.7 Å². The van der Waals surface area contributed by atoms with Gasteiger partial charge < -0.3 is 10.2 Å². The summed E-state index contributed by atoms with van der Waals surface area (Å²) in [6, 6.07) is 12.3. The van der Waals surface area contributed by atoms with Crippen LogP contribution in [0.1, 0.15) is 50.7 Å². The van der Waals surface area contributed by atoms with Crippen molar-refractivity contribution >= 4 is 27.5 Å². The molecule has 0 fully saturated rings. The van der Waals surface area contributed by atoms with Gasteiger partial charge in [0.1, 0.15) is 11.9 Å². The number of nitrogens with one attached hydrogen (secondary N) is 1. The van der Waals surface area contributed by atoms with Crippen molar-refractivity contribution in [3.05, 3.63) is 65.5 Å². The fourth-order valence-electron chi connectivity index (χ4n) is 3.74. The molecule has 0 saturated heterocycles. The van der Waals surface area contributed by atoms with Crippen molar-refractivity contribution in [2.75, 3.05) is 23.7 Å². The molecule has 0 spiro atoms. The molecule has 0 aliphatic heterocycles. The lowest BCUT2D eigenvalue weighted by molar-refractivity contribution is -0.140. The largest absolute Gasteiger partial charge is 0.354 e. The van der Waals surface area contributed by atoms with E-state index in [1.807, 2.05) is 38.1 Å². The number of aryl methyl sites for hydroxylation is 1. The second-order valence-electron chi connectivity index (χ2n) is 8.75. The van der Waals surface area contributed by atoms with Gasteiger partial charge in [-0.15, -0.1) is 0 Å². The fourth-order valence-corrected chi connectivity index (χ4v) is 4.70. The molecule has 2 aromatic rings. The Bertz CT molecular complexity index is 1090. The Balaban J connectivity index is 2.13. The highest BCUT2D eigenvalue weighted by Gasteiger charge is 2.26. The maximum absolute atomic E-state index is 13.3. The number of rotatable bonds is 13. The van der Waals surface area contributed by atoms with Gasteiger partial charge in [0.2, 0.25) is 21.8 Å². The van der Waals surface area contributed by atoms with E-state index in [0.717, 1.165) is 34.5 Å². The van der Waals surface area contributed by atoms with Gasteiger partial charge in [0.05, 0.1) is 11.9 Å². The Labute approximate surface area is 208 Å². The molecule has 2 aromatic carbocycles. The van der Waals surface area contributed by atoms with Crippen molar-refractivity contribution in [1.82, 2.24) is 10.2 Å². The molecule has 0 aliphatic rings. The van der Waals surface area contributed by atoms with Crippen molar-refractivity contribution < 1.29 is 22.4 Å². The number of unbranched alkanes of at least 4 members (excludes halogenated alkanes) is 1. The molecule has 0 saturated carbocycles. The minimum Gasteiger partial charge on any atom is -0.354 e. The SMILES string of the molecule is CCCCNC(=O)C(C)N(Cc1cccc(C)c1)C(=O)CCCN(c1ccc(F)cc1)S(C)(=O)=O. The van der Waals surface area contributed by atoms with Gasteiger partial charge in [0.25, 0.3) is 0 Å². The van der Waals surface area contributed by atoms with Crippen molar-refractivity contribution in [2.45, 2.75) is 59.0 Å². The average molecular weight is 506 g/mol. The number of carbonyl (C=O) groups excluding carboxylic acids is 2. The van der Waals surface area contributed by atoms with Crippen LogP contribution in [0.15, 0.2) is 48.5 Å². The zero-order valence-electron chi connectivity index (χ0n) is 21.0. The third kappa shape index (κ3) is 8.98. The highest BCUT2D eigenvalue weighted by Crippen LogP contribution is 2.20. The lowest BCUT2D eigenvalue weighted by atomic mass is 10.1. The van der Waals surface area contributed by atoms with Gasteiger partial charge in [0.15, 0.2) is 0 Å². The maximum Gasteiger partial charge on any atom is 0.242 e. The molecule has 1 atom stereocenters. The molecule has 192 valence electrons. The zero-order valence-corrected chi connectivity index (χ0v) is 21.8. The van der Waals surface area contributed by atoms with E-state index in [-0.39, 0.29) is 37.7 Å². The molecule has 35 heavy (non-hydrogen) atoms. The Morgan fingerprint density at radius 3 is 2.37 bits per heavy atom. The highest BCUT2D eigenvalue weighted by molar-refractivity contribution is 7.92. The van der Waals surface area contributed by atoms with Crippen LogP contribution in [-0.4, -0.2) is 50.5 Å². The minimum atomic E-state index is -3.62. The molecule has 7 nitrogen and oxygen atoms in total. The summed E-state index contributed by atoms with van der Waals surface area (Å²) in [4.78, 5) is 27.5. The fraction of sp³-hybridized carbons (Fsp3) is 0.462. The number of anilines is 1. The quantitative estimate of drug-likeness (QED) is 0.417. The Hall–Kier alpha value is -2.94. The second kappa shape index (κ2) is 13.2. The zero-order chi connectivity index (χ0) is 26.0. The van der Waals surface area contributed by atoms with Crippen LogP contribution in [0.4, 0.5) is 10.1 Å². The van der Waals surface area contributed by atoms with Gasteiger partial charge in [0, 0.05) is 26.1 Å². The predicted octanol–water partition coefficient (Wildman–Crippen LogP) is 4.01. The highest BCUT2D eigenvalue weighted by atomic mass is 32.2. The first kappa shape index (κ1) is 28.3. The van der Waals surface area contributed by atoms with E-state index >= 15 is 0 Å². The molecule has 0 heterocycles. The molecule has 1 N–H and O–H groups in total. The molecular formula is C26H36FN3O4S. The predicted molar refractivity (Wildman–Crippen MR) is 137 cm³/mol. The normalized spacial score (nSPS) is 12.1. The smallest absolute Gasteiger partial charge is 0.242 e. The van der Waals surface area contributed by atoms with E-state index in [4.69, 9.17) is 0 Å². The van der Waals surface area contributed by atoms with Crippen molar-refractivity contribution in [3.8, 4) is 0 Å². The number of hydrogen-bond acceptors (Lipinski definition) is 4. The first-order valence-corrected chi connectivity index (χ1v) is 13.7. The minimum absolute atomic E-state index is 0.0611. The molecule has 2 rings (SSSR count). The van der Waals surface area contributed by atoms with Crippen molar-refractivity contribution in [2.24, 2.45) is 0 Å². The lowest BCUT2D eigenvalue weighted by Gasteiger charge is -2.29. The van der Waals surface area contributed by atoms with Crippen LogP contribution in [0.3, 0.4) is 0 Å². The third-order valence-electron chi connectivity index (χ3n) is 5.70. The van der Waals surface area contributed by atoms with E-state index in [1.54, 1.807) is 11.8 Å². The topological polar surface area (TPSA) is 86.8 Å². The Morgan fingerprint density at radius 2 is 1.77 bits per heavy atom. The van der Waals surface area contributed by atoms with Crippen LogP contribution >= 0.6 is 0 Å². The summed E-state index contributed by atoms with van der Waals surface area (Å²) in [7, 11) is -3.62. The number of halogens is 1. The van der Waals surface area contributed by atoms with Crippen LogP contribution in [-0.2, 0) is 26.2 Å². The van der Waals surface area contributed by atoms with E-state index in [0.29, 0.717) is 12.2 Å². The second-order valence-corrected chi connectivity index (χ2v) is 10.7. The van der Waals surface area contributed by atoms with Crippen LogP contribution in [0.5, 0.6) is 0 Å². The third-order valence-corrected chi connectivity index (χ3v) is 6.89. The Morgan fingerprint density at radius 1 is 1.09 bits per heavy atom. The number of benzene rings is 2. The molecule has 0 bridgehead atoms. The van der Waals surface area contributed by atoms with E-state index in [1.165, 1.54) is 24.3 Å². The van der Waals surface area contributed by atoms with Crippen molar-refractivity contribution in [3.63, 3.8) is 0 Å². The molecule has 9 heteroatoms. The Kier molecular flexibility index (Phi) is 10.7. The first-order chi connectivity index (χ1) is 16.5. The van der Waals surface area contributed by atoms with E-state index < -0.39 is 21.9 Å². The van der Waals surface area contributed by atoms with Gasteiger partial charge in [-0.1, -0.05) is 43.2 Å². The summed E-state index contributed by atoms with van der Waals surface area (Å²) in [6.07, 6.45) is 3.19. The maximum atomic E-state index is 13.3. The molecule has 0 radical (unpaired) electrons. The summed E-state index contributed by atoms with van der Waals surface area (Å²) < 4.78 is 39.1. The molecular weight excluding hydrogens is 469 g/mol. The summed E-state index contributed by atoms with van der Waals surface area (Å²) in [6.45, 7) is 6.59. The van der Waals surface area contributed by atoms with Crippen LogP contribution < -0.4 is 9.62 Å². The van der Waals surface area contributed by atoms with E-state index in [9.17, 15) is 22.4 Å². The number of hydrogen-bond donors (Lipinski definition) is 1. The van der Waals surface area contributed by atoms with Gasteiger partial charge in [-0.2, -0.15) is 0 Å². The molecule has 0 aromatic heterocycles. The number of carbonyl (C=O) groups is 2. The number of sulfonamides is 1. The molecule has 2 amide bonds. The summed E-state index contributed by atoms with van der Waals surface area (Å²) >= 11 is 0. The number of amides is 2. The van der Waals surface area contributed by atoms with Crippen LogP contribution in [0.2, 0.25) is 0 Å². The summed E-state index contributed by atoms with van der Waals surface area (Å²) in [5.74, 6) is -0.920. The van der Waals surface area contributed by atoms with Gasteiger partial charge in [-0.05, 0) is 56.5 Å². The van der Waals surface area contributed by atoms with Crippen LogP contribution in [0.25, 0.3) is 0 Å².